The Kier molecular flexibility index (Phi) is 11.7. The van der Waals surface area contributed by atoms with Crippen molar-refractivity contribution in [3.63, 3.8) is 0 Å². The first-order valence-corrected chi connectivity index (χ1v) is 17.8. The molecule has 0 spiro atoms. The molecule has 280 valence electrons. The molecule has 0 amide bonds. The Labute approximate surface area is 308 Å². The van der Waals surface area contributed by atoms with Crippen molar-refractivity contribution in [1.29, 1.82) is 0 Å². The summed E-state index contributed by atoms with van der Waals surface area (Å²) in [4.78, 5) is 18.4. The minimum atomic E-state index is -0.682. The van der Waals surface area contributed by atoms with Crippen molar-refractivity contribution in [2.75, 3.05) is 62.5 Å². The van der Waals surface area contributed by atoms with E-state index in [4.69, 9.17) is 9.47 Å². The van der Waals surface area contributed by atoms with Crippen LogP contribution in [-0.2, 0) is 10.4 Å². The van der Waals surface area contributed by atoms with Crippen LogP contribution in [0, 0.1) is 17.6 Å². The summed E-state index contributed by atoms with van der Waals surface area (Å²) in [6.07, 6.45) is 13.1. The number of hydrazine groups is 1. The zero-order valence-electron chi connectivity index (χ0n) is 29.5. The van der Waals surface area contributed by atoms with Crippen molar-refractivity contribution < 1.29 is 40.3 Å². The minimum absolute atomic E-state index is 0. The lowest BCUT2D eigenvalue weighted by Crippen LogP contribution is -3.00. The van der Waals surface area contributed by atoms with E-state index in [1.54, 1.807) is 29.2 Å². The number of nitrogens with zero attached hydrogens (tertiary/aromatic N) is 7. The first kappa shape index (κ1) is 37.5. The maximum absolute atomic E-state index is 14.2. The highest BCUT2D eigenvalue weighted by Crippen LogP contribution is 2.33. The zero-order chi connectivity index (χ0) is 35.5. The number of halogens is 3. The van der Waals surface area contributed by atoms with Crippen LogP contribution in [0.3, 0.4) is 0 Å². The number of hydrogen-bond donors (Lipinski definition) is 2. The predicted octanol–water partition coefficient (Wildman–Crippen LogP) is 0.457. The van der Waals surface area contributed by atoms with Gasteiger partial charge in [-0.05, 0) is 62.2 Å². The Morgan fingerprint density at radius 1 is 1.13 bits per heavy atom. The third kappa shape index (κ3) is 7.75. The van der Waals surface area contributed by atoms with E-state index in [0.29, 0.717) is 45.0 Å². The third-order valence-electron chi connectivity index (χ3n) is 10.5. The summed E-state index contributed by atoms with van der Waals surface area (Å²) in [7, 11) is 0. The van der Waals surface area contributed by atoms with Crippen LogP contribution >= 0.6 is 0 Å². The summed E-state index contributed by atoms with van der Waals surface area (Å²) in [6, 6.07) is 11.4. The van der Waals surface area contributed by atoms with Gasteiger partial charge in [0.1, 0.15) is 35.8 Å². The van der Waals surface area contributed by atoms with Gasteiger partial charge in [-0.1, -0.05) is 25.2 Å². The van der Waals surface area contributed by atoms with Crippen LogP contribution in [0.5, 0.6) is 5.75 Å². The average molecular weight is 741 g/mol. The van der Waals surface area contributed by atoms with Gasteiger partial charge in [0.05, 0.1) is 31.5 Å². The molecule has 1 aromatic heterocycles. The second kappa shape index (κ2) is 16.2. The molecule has 2 N–H and O–H groups in total. The highest BCUT2D eigenvalue weighted by molar-refractivity contribution is 5.58. The van der Waals surface area contributed by atoms with Gasteiger partial charge in [-0.15, -0.1) is 0 Å². The molecule has 15 heteroatoms. The Bertz CT molecular complexity index is 1820. The van der Waals surface area contributed by atoms with Crippen LogP contribution in [0.25, 0.3) is 0 Å². The number of hydrogen-bond acceptors (Lipinski definition) is 9. The van der Waals surface area contributed by atoms with Gasteiger partial charge in [0.2, 0.25) is 0 Å². The fraction of sp³-hybridized carbons (Fsp3) is 0.486. The van der Waals surface area contributed by atoms with Gasteiger partial charge in [-0.25, -0.2) is 22.8 Å². The molecule has 0 bridgehead atoms. The van der Waals surface area contributed by atoms with Crippen molar-refractivity contribution in [2.45, 2.75) is 57.0 Å². The summed E-state index contributed by atoms with van der Waals surface area (Å²) in [5, 5.41) is 16.4. The van der Waals surface area contributed by atoms with Gasteiger partial charge in [0.25, 0.3) is 6.34 Å². The van der Waals surface area contributed by atoms with Crippen molar-refractivity contribution in [3.8, 4) is 5.75 Å². The lowest BCUT2D eigenvalue weighted by Gasteiger charge is -2.47. The third-order valence-corrected chi connectivity index (χ3v) is 10.5. The van der Waals surface area contributed by atoms with Crippen molar-refractivity contribution in [1.82, 2.24) is 24.7 Å². The molecular formula is C37H47ClF2N8O4. The molecule has 3 aliphatic heterocycles. The van der Waals surface area contributed by atoms with Gasteiger partial charge in [0, 0.05) is 50.3 Å². The quantitative estimate of drug-likeness (QED) is 0.257. The first-order chi connectivity index (χ1) is 24.7. The second-order valence-corrected chi connectivity index (χ2v) is 13.8. The molecule has 2 saturated heterocycles. The number of piperazine rings is 1. The number of aromatic nitrogens is 3. The molecule has 2 fully saturated rings. The first-order valence-electron chi connectivity index (χ1n) is 17.8. The Morgan fingerprint density at radius 3 is 2.62 bits per heavy atom. The van der Waals surface area contributed by atoms with E-state index in [1.807, 2.05) is 35.8 Å². The van der Waals surface area contributed by atoms with E-state index >= 15 is 0 Å². The summed E-state index contributed by atoms with van der Waals surface area (Å²) < 4.78 is 44.9. The molecule has 3 aromatic rings. The molecule has 4 aliphatic rings. The molecule has 5 atom stereocenters. The Balaban J connectivity index is 0.00000464. The van der Waals surface area contributed by atoms with Crippen LogP contribution in [0.15, 0.2) is 77.9 Å². The number of aliphatic hydroxyl groups excluding tert-OH is 1. The molecule has 2 aromatic carbocycles. The molecule has 1 unspecified atom stereocenters. The van der Waals surface area contributed by atoms with E-state index in [-0.39, 0.29) is 36.2 Å². The smallest absolute Gasteiger partial charge is 0.347 e. The Morgan fingerprint density at radius 2 is 1.92 bits per heavy atom. The monoisotopic (exact) mass is 740 g/mol. The number of anilines is 2. The largest absolute Gasteiger partial charge is 1.00 e. The summed E-state index contributed by atoms with van der Waals surface area (Å²) in [5.74, 6) is -0.137. The normalized spacial score (nSPS) is 24.4. The van der Waals surface area contributed by atoms with Crippen molar-refractivity contribution in [2.24, 2.45) is 5.92 Å². The summed E-state index contributed by atoms with van der Waals surface area (Å²) in [6.45, 7) is 9.02. The molecule has 4 heterocycles. The van der Waals surface area contributed by atoms with E-state index in [1.165, 1.54) is 16.8 Å². The SMILES string of the molecule is CC[C@@H]([C@H](C)O)n1ncn(C2(N3CCN(c4ccc(OC[C@H]5CO[C@@H](C[N+]6=CNN(c7ccc(F)cc7F)C6)C5)cc4)CC3)C=CC=CC2)c1=O.[Cl-]. The molecule has 0 radical (unpaired) electrons. The molecular weight excluding hydrogens is 694 g/mol. The molecule has 12 nitrogen and oxygen atoms in total. The van der Waals surface area contributed by atoms with Crippen molar-refractivity contribution in [3.05, 3.63) is 95.2 Å². The fourth-order valence-electron chi connectivity index (χ4n) is 7.67. The van der Waals surface area contributed by atoms with E-state index < -0.39 is 23.4 Å². The summed E-state index contributed by atoms with van der Waals surface area (Å²) >= 11 is 0. The van der Waals surface area contributed by atoms with Crippen LogP contribution in [0.2, 0.25) is 0 Å². The standard InChI is InChI=1S/C37H46F2N8O4.ClH/c1-3-34(27(2)48)47-36(49)45(25-41-47)37(13-5-4-6-14-37)44-17-15-43(16-18-44)30-8-10-31(11-9-30)50-22-28-19-32(51-23-28)21-42-24-40-46(26-42)35-12-7-29(38)20-33(35)39;/h4-13,20,24-25,27-28,32,34,48H,3,14-19,21-23,26H2,1-2H3;1H/t27-,28-,32+,34-,37?;/m0./s1. The van der Waals surface area contributed by atoms with Gasteiger partial charge < -0.3 is 31.9 Å². The van der Waals surface area contributed by atoms with Gasteiger partial charge in [0.15, 0.2) is 12.5 Å². The van der Waals surface area contributed by atoms with E-state index in [2.05, 4.69) is 44.6 Å². The number of allylic oxidation sites excluding steroid dienone is 2. The topological polar surface area (TPSA) is 103 Å². The number of rotatable bonds is 12. The average Bonchev–Trinajstić information content (AvgIpc) is 3.89. The number of ether oxygens (including phenoxy) is 2. The lowest BCUT2D eigenvalue weighted by atomic mass is 9.97. The van der Waals surface area contributed by atoms with Crippen LogP contribution in [0.4, 0.5) is 20.2 Å². The van der Waals surface area contributed by atoms with Crippen molar-refractivity contribution >= 4 is 17.7 Å². The number of benzene rings is 2. The molecule has 1 aliphatic carbocycles. The second-order valence-electron chi connectivity index (χ2n) is 13.8. The minimum Gasteiger partial charge on any atom is -1.00 e. The zero-order valence-corrected chi connectivity index (χ0v) is 30.3. The number of aliphatic hydroxyl groups is 1. The lowest BCUT2D eigenvalue weighted by molar-refractivity contribution is -0.524. The van der Waals surface area contributed by atoms with E-state index in [9.17, 15) is 18.7 Å². The molecule has 7 rings (SSSR count). The highest BCUT2D eigenvalue weighted by atomic mass is 35.5. The maximum Gasteiger partial charge on any atom is 0.347 e. The van der Waals surface area contributed by atoms with Crippen LogP contribution in [0.1, 0.15) is 39.2 Å². The van der Waals surface area contributed by atoms with Gasteiger partial charge >= 0.3 is 5.69 Å². The van der Waals surface area contributed by atoms with Crippen LogP contribution in [-0.4, -0.2) is 100 Å². The fourth-order valence-corrected chi connectivity index (χ4v) is 7.67. The molecule has 0 saturated carbocycles. The Hall–Kier alpha value is -4.24. The summed E-state index contributed by atoms with van der Waals surface area (Å²) in [5.41, 5.74) is 3.59. The molecule has 52 heavy (non-hydrogen) atoms. The van der Waals surface area contributed by atoms with Crippen LogP contribution < -0.4 is 38.2 Å². The van der Waals surface area contributed by atoms with Gasteiger partial charge in [-0.2, -0.15) is 15.5 Å². The van der Waals surface area contributed by atoms with E-state index in [0.717, 1.165) is 50.1 Å². The highest BCUT2D eigenvalue weighted by Gasteiger charge is 2.40. The maximum atomic E-state index is 14.2. The number of nitrogens with one attached hydrogen (secondary N) is 1. The van der Waals surface area contributed by atoms with Gasteiger partial charge in [-0.3, -0.25) is 9.47 Å². The predicted molar refractivity (Wildman–Crippen MR) is 190 cm³/mol.